The van der Waals surface area contributed by atoms with E-state index in [1.165, 1.54) is 0 Å². The summed E-state index contributed by atoms with van der Waals surface area (Å²) in [6.07, 6.45) is 3.89. The highest BCUT2D eigenvalue weighted by Gasteiger charge is 2.47. The number of benzene rings is 1. The predicted octanol–water partition coefficient (Wildman–Crippen LogP) is 4.42. The molecule has 0 saturated carbocycles. The predicted molar refractivity (Wildman–Crippen MR) is 115 cm³/mol. The van der Waals surface area contributed by atoms with Gasteiger partial charge in [-0.25, -0.2) is 4.98 Å². The molecular weight excluding hydrogens is 423 g/mol. The minimum Gasteiger partial charge on any atom is -0.355 e. The number of halogens is 2. The van der Waals surface area contributed by atoms with Crippen LogP contribution in [-0.4, -0.2) is 41.3 Å². The van der Waals surface area contributed by atoms with Crippen LogP contribution in [0.1, 0.15) is 18.4 Å². The highest BCUT2D eigenvalue weighted by molar-refractivity contribution is 6.35. The maximum absolute atomic E-state index is 9.11. The molecule has 2 aliphatic rings. The second-order valence-electron chi connectivity index (χ2n) is 7.95. The van der Waals surface area contributed by atoms with E-state index in [9.17, 15) is 0 Å². The van der Waals surface area contributed by atoms with E-state index in [-0.39, 0.29) is 5.41 Å². The third kappa shape index (κ3) is 3.57. The van der Waals surface area contributed by atoms with Crippen molar-refractivity contribution in [1.29, 1.82) is 5.26 Å². The van der Waals surface area contributed by atoms with Crippen molar-refractivity contribution in [2.75, 3.05) is 36.0 Å². The number of nitrogens with zero attached hydrogens (tertiary/aromatic N) is 6. The number of piperidine rings is 1. The molecule has 0 aliphatic carbocycles. The first kappa shape index (κ1) is 19.2. The second kappa shape index (κ2) is 7.46. The zero-order valence-corrected chi connectivity index (χ0v) is 17.6. The lowest BCUT2D eigenvalue weighted by molar-refractivity contribution is 0.168. The van der Waals surface area contributed by atoms with Crippen LogP contribution in [0, 0.1) is 16.7 Å². The smallest absolute Gasteiger partial charge is 0.324 e. The van der Waals surface area contributed by atoms with Crippen molar-refractivity contribution >= 4 is 35.0 Å². The zero-order valence-electron chi connectivity index (χ0n) is 16.1. The molecule has 0 amide bonds. The van der Waals surface area contributed by atoms with E-state index in [0.29, 0.717) is 27.4 Å². The average molecular weight is 441 g/mol. The molecule has 0 N–H and O–H groups in total. The molecule has 4 heterocycles. The number of pyridine rings is 1. The van der Waals surface area contributed by atoms with E-state index < -0.39 is 0 Å². The molecule has 2 aliphatic heterocycles. The second-order valence-corrected chi connectivity index (χ2v) is 8.83. The molecule has 152 valence electrons. The van der Waals surface area contributed by atoms with E-state index in [2.05, 4.69) is 31.0 Å². The van der Waals surface area contributed by atoms with E-state index in [1.54, 1.807) is 30.5 Å². The van der Waals surface area contributed by atoms with Crippen molar-refractivity contribution < 1.29 is 4.52 Å². The van der Waals surface area contributed by atoms with Gasteiger partial charge in [0.1, 0.15) is 5.82 Å². The molecule has 30 heavy (non-hydrogen) atoms. The summed E-state index contributed by atoms with van der Waals surface area (Å²) in [5, 5.41) is 14.3. The van der Waals surface area contributed by atoms with Gasteiger partial charge in [0.2, 0.25) is 5.82 Å². The summed E-state index contributed by atoms with van der Waals surface area (Å²) in [5.41, 5.74) is 1.52. The first-order valence-electron chi connectivity index (χ1n) is 9.70. The number of hydrogen-bond acceptors (Lipinski definition) is 7. The molecule has 1 aromatic carbocycles. The first-order chi connectivity index (χ1) is 14.5. The van der Waals surface area contributed by atoms with Crippen LogP contribution in [0.2, 0.25) is 10.0 Å². The Hall–Kier alpha value is -2.82. The van der Waals surface area contributed by atoms with Gasteiger partial charge in [0.25, 0.3) is 0 Å². The number of rotatable bonds is 3. The van der Waals surface area contributed by atoms with Crippen LogP contribution in [0.15, 0.2) is 41.1 Å². The van der Waals surface area contributed by atoms with Crippen molar-refractivity contribution in [2.45, 2.75) is 12.8 Å². The molecule has 0 atom stereocenters. The lowest BCUT2D eigenvalue weighted by Gasteiger charge is -2.54. The molecule has 2 aromatic heterocycles. The van der Waals surface area contributed by atoms with Crippen LogP contribution >= 0.6 is 23.2 Å². The Morgan fingerprint density at radius 1 is 1.07 bits per heavy atom. The molecule has 0 bridgehead atoms. The largest absolute Gasteiger partial charge is 0.355 e. The lowest BCUT2D eigenvalue weighted by Crippen LogP contribution is -2.63. The highest BCUT2D eigenvalue weighted by Crippen LogP contribution is 2.42. The van der Waals surface area contributed by atoms with Crippen LogP contribution in [0.4, 0.5) is 11.8 Å². The molecule has 9 heteroatoms. The third-order valence-electron chi connectivity index (χ3n) is 5.72. The molecule has 1 spiro atoms. The van der Waals surface area contributed by atoms with Crippen LogP contribution in [-0.2, 0) is 0 Å². The van der Waals surface area contributed by atoms with Gasteiger partial charge in [-0.2, -0.15) is 10.2 Å². The molecule has 5 rings (SSSR count). The maximum atomic E-state index is 9.11. The van der Waals surface area contributed by atoms with Gasteiger partial charge in [0.15, 0.2) is 0 Å². The Morgan fingerprint density at radius 3 is 2.60 bits per heavy atom. The average Bonchev–Trinajstić information content (AvgIpc) is 3.22. The summed E-state index contributed by atoms with van der Waals surface area (Å²) in [4.78, 5) is 13.4. The molecular formula is C21H18Cl2N6O. The number of nitriles is 1. The fraction of sp³-hybridized carbons (Fsp3) is 0.333. The fourth-order valence-corrected chi connectivity index (χ4v) is 4.89. The summed E-state index contributed by atoms with van der Waals surface area (Å²) >= 11 is 12.2. The van der Waals surface area contributed by atoms with E-state index >= 15 is 0 Å². The van der Waals surface area contributed by atoms with Gasteiger partial charge in [-0.15, -0.1) is 0 Å². The summed E-state index contributed by atoms with van der Waals surface area (Å²) in [6, 6.07) is 11.5. The summed E-state index contributed by atoms with van der Waals surface area (Å²) < 4.78 is 5.56. The number of aromatic nitrogens is 3. The van der Waals surface area contributed by atoms with Crippen molar-refractivity contribution in [3.05, 3.63) is 52.1 Å². The molecule has 0 unspecified atom stereocenters. The van der Waals surface area contributed by atoms with Gasteiger partial charge >= 0.3 is 6.01 Å². The monoisotopic (exact) mass is 440 g/mol. The minimum atomic E-state index is 0.163. The summed E-state index contributed by atoms with van der Waals surface area (Å²) in [5.74, 6) is 1.33. The Morgan fingerprint density at radius 2 is 1.83 bits per heavy atom. The van der Waals surface area contributed by atoms with Crippen LogP contribution in [0.5, 0.6) is 0 Å². The summed E-state index contributed by atoms with van der Waals surface area (Å²) in [7, 11) is 0. The van der Waals surface area contributed by atoms with Gasteiger partial charge < -0.3 is 14.3 Å². The Balaban J connectivity index is 1.30. The van der Waals surface area contributed by atoms with Gasteiger partial charge in [0, 0.05) is 53.4 Å². The topological polar surface area (TPSA) is 82.1 Å². The Labute approximate surface area is 183 Å². The molecule has 2 saturated heterocycles. The first-order valence-corrected chi connectivity index (χ1v) is 10.5. The Kier molecular flexibility index (Phi) is 4.76. The van der Waals surface area contributed by atoms with Gasteiger partial charge in [-0.1, -0.05) is 28.4 Å². The van der Waals surface area contributed by atoms with E-state index in [4.69, 9.17) is 33.0 Å². The third-order valence-corrected chi connectivity index (χ3v) is 6.16. The fourth-order valence-electron chi connectivity index (χ4n) is 4.36. The Bertz CT molecular complexity index is 1110. The van der Waals surface area contributed by atoms with Crippen molar-refractivity contribution in [3.63, 3.8) is 0 Å². The minimum absolute atomic E-state index is 0.163. The summed E-state index contributed by atoms with van der Waals surface area (Å²) in [6.45, 7) is 3.52. The van der Waals surface area contributed by atoms with Crippen molar-refractivity contribution in [2.24, 2.45) is 5.41 Å². The molecule has 2 fully saturated rings. The SMILES string of the molecule is N#Cc1ccnc(N2CC3(CCCN(c4nc(-c5cc(Cl)cc(Cl)c5)no4)C3)C2)c1. The number of hydrogen-bond donors (Lipinski definition) is 0. The van der Waals surface area contributed by atoms with E-state index in [1.807, 2.05) is 6.07 Å². The van der Waals surface area contributed by atoms with Crippen molar-refractivity contribution in [3.8, 4) is 17.5 Å². The zero-order chi connectivity index (χ0) is 20.7. The van der Waals surface area contributed by atoms with E-state index in [0.717, 1.165) is 50.4 Å². The lowest BCUT2D eigenvalue weighted by atomic mass is 9.73. The molecule has 3 aromatic rings. The van der Waals surface area contributed by atoms with Crippen molar-refractivity contribution in [1.82, 2.24) is 15.1 Å². The van der Waals surface area contributed by atoms with Crippen LogP contribution in [0.3, 0.4) is 0 Å². The van der Waals surface area contributed by atoms with Crippen LogP contribution < -0.4 is 9.80 Å². The number of anilines is 2. The standard InChI is InChI=1S/C21H18Cl2N6O/c22-16-7-15(8-17(23)9-16)19-26-20(30-27-19)28-5-1-3-21(11-28)12-29(13-21)18-6-14(10-24)2-4-25-18/h2,4,6-9H,1,3,5,11-13H2. The quantitative estimate of drug-likeness (QED) is 0.595. The van der Waals surface area contributed by atoms with Crippen LogP contribution in [0.25, 0.3) is 11.4 Å². The maximum Gasteiger partial charge on any atom is 0.324 e. The highest BCUT2D eigenvalue weighted by atomic mass is 35.5. The molecule has 0 radical (unpaired) electrons. The van der Waals surface area contributed by atoms with Gasteiger partial charge in [-0.3, -0.25) is 0 Å². The molecule has 7 nitrogen and oxygen atoms in total. The van der Waals surface area contributed by atoms with Gasteiger partial charge in [0.05, 0.1) is 11.6 Å². The normalized spacial score (nSPS) is 17.6. The van der Waals surface area contributed by atoms with Gasteiger partial charge in [-0.05, 0) is 43.2 Å².